The quantitative estimate of drug-likeness (QED) is 0.643. The molecule has 2 N–H and O–H groups in total. The van der Waals surface area contributed by atoms with E-state index in [-0.39, 0.29) is 12.2 Å². The number of carboxylic acid groups (broad SMARTS) is 1. The Hall–Kier alpha value is -2.63. The molecule has 2 atom stereocenters. The smallest absolute Gasteiger partial charge is 0.340 e. The van der Waals surface area contributed by atoms with Crippen LogP contribution in [-0.2, 0) is 14.3 Å². The van der Waals surface area contributed by atoms with Gasteiger partial charge < -0.3 is 15.2 Å². The number of nitrogens with one attached hydrogen (secondary N) is 1. The average Bonchev–Trinajstić information content (AvgIpc) is 2.55. The van der Waals surface area contributed by atoms with Gasteiger partial charge in [0.1, 0.15) is 0 Å². The van der Waals surface area contributed by atoms with E-state index in [1.54, 1.807) is 43.3 Å². The van der Waals surface area contributed by atoms with Crippen molar-refractivity contribution in [2.24, 2.45) is 11.8 Å². The van der Waals surface area contributed by atoms with Crippen LogP contribution in [0.15, 0.2) is 36.4 Å². The zero-order valence-electron chi connectivity index (χ0n) is 12.8. The molecule has 0 bridgehead atoms. The summed E-state index contributed by atoms with van der Waals surface area (Å²) in [4.78, 5) is 35.7. The van der Waals surface area contributed by atoms with E-state index in [1.165, 1.54) is 0 Å². The summed E-state index contributed by atoms with van der Waals surface area (Å²) in [6.07, 6.45) is 4.27. The maximum absolute atomic E-state index is 12.5. The van der Waals surface area contributed by atoms with E-state index in [0.29, 0.717) is 18.5 Å². The van der Waals surface area contributed by atoms with E-state index in [0.717, 1.165) is 0 Å². The Balaban J connectivity index is 2.18. The Morgan fingerprint density at radius 2 is 1.83 bits per heavy atom. The predicted molar refractivity (Wildman–Crippen MR) is 84.0 cm³/mol. The lowest BCUT2D eigenvalue weighted by molar-refractivity contribution is -0.146. The van der Waals surface area contributed by atoms with Crippen LogP contribution in [0.1, 0.15) is 30.1 Å². The number of esters is 1. The van der Waals surface area contributed by atoms with Crippen molar-refractivity contribution in [2.75, 3.05) is 11.9 Å². The van der Waals surface area contributed by atoms with Gasteiger partial charge >= 0.3 is 11.9 Å². The van der Waals surface area contributed by atoms with Gasteiger partial charge in [-0.15, -0.1) is 0 Å². The highest BCUT2D eigenvalue weighted by Gasteiger charge is 2.34. The second-order valence-electron chi connectivity index (χ2n) is 5.25. The van der Waals surface area contributed by atoms with Crippen LogP contribution in [-0.4, -0.2) is 29.6 Å². The lowest BCUT2D eigenvalue weighted by Crippen LogP contribution is -2.35. The first-order chi connectivity index (χ1) is 11.0. The van der Waals surface area contributed by atoms with Crippen LogP contribution in [0, 0.1) is 11.8 Å². The molecule has 0 fully saturated rings. The fraction of sp³-hybridized carbons (Fsp3) is 0.353. The molecular formula is C17H19NO5. The molecule has 23 heavy (non-hydrogen) atoms. The molecule has 6 heteroatoms. The molecule has 1 aliphatic carbocycles. The van der Waals surface area contributed by atoms with Crippen molar-refractivity contribution in [1.29, 1.82) is 0 Å². The molecule has 0 saturated heterocycles. The summed E-state index contributed by atoms with van der Waals surface area (Å²) in [5.41, 5.74) is 0.579. The minimum absolute atomic E-state index is 0.232. The third-order valence-electron chi connectivity index (χ3n) is 3.77. The van der Waals surface area contributed by atoms with Gasteiger partial charge in [0.15, 0.2) is 0 Å². The molecule has 1 amide bonds. The highest BCUT2D eigenvalue weighted by Crippen LogP contribution is 2.28. The monoisotopic (exact) mass is 317 g/mol. The second-order valence-corrected chi connectivity index (χ2v) is 5.25. The van der Waals surface area contributed by atoms with Crippen molar-refractivity contribution in [1.82, 2.24) is 0 Å². The minimum Gasteiger partial charge on any atom is -0.481 e. The Labute approximate surface area is 134 Å². The van der Waals surface area contributed by atoms with Crippen molar-refractivity contribution in [2.45, 2.75) is 19.8 Å². The molecule has 0 saturated carbocycles. The van der Waals surface area contributed by atoms with Gasteiger partial charge in [0.05, 0.1) is 29.7 Å². The van der Waals surface area contributed by atoms with Crippen LogP contribution in [0.25, 0.3) is 0 Å². The molecule has 2 rings (SSSR count). The molecule has 0 spiro atoms. The van der Waals surface area contributed by atoms with Gasteiger partial charge in [0, 0.05) is 0 Å². The summed E-state index contributed by atoms with van der Waals surface area (Å²) in [5.74, 6) is -3.34. The normalized spacial score (nSPS) is 19.9. The third kappa shape index (κ3) is 3.97. The number of amides is 1. The van der Waals surface area contributed by atoms with Gasteiger partial charge in [-0.2, -0.15) is 0 Å². The van der Waals surface area contributed by atoms with Crippen molar-refractivity contribution < 1.29 is 24.2 Å². The summed E-state index contributed by atoms with van der Waals surface area (Å²) in [6.45, 7) is 1.93. The van der Waals surface area contributed by atoms with E-state index < -0.39 is 29.7 Å². The molecule has 1 aromatic rings. The number of hydrogen-bond donors (Lipinski definition) is 2. The standard InChI is InChI=1S/C17H19NO5/c1-2-23-17(22)13-9-5-6-10-14(13)18-15(19)11-7-3-4-8-12(11)16(20)21/h3-6,9-12H,2,7-8H2,1H3,(H,18,19)(H,20,21)/t11-,12+/m0/s1. The molecular weight excluding hydrogens is 298 g/mol. The lowest BCUT2D eigenvalue weighted by atomic mass is 9.82. The molecule has 0 aromatic heterocycles. The summed E-state index contributed by atoms with van der Waals surface area (Å²) >= 11 is 0. The van der Waals surface area contributed by atoms with Gasteiger partial charge in [-0.25, -0.2) is 4.79 Å². The summed E-state index contributed by atoms with van der Waals surface area (Å²) in [5, 5.41) is 11.9. The summed E-state index contributed by atoms with van der Waals surface area (Å²) in [6, 6.07) is 6.51. The molecule has 1 aromatic carbocycles. The van der Waals surface area contributed by atoms with E-state index >= 15 is 0 Å². The molecule has 0 unspecified atom stereocenters. The van der Waals surface area contributed by atoms with Crippen LogP contribution in [0.2, 0.25) is 0 Å². The van der Waals surface area contributed by atoms with Crippen molar-refractivity contribution in [3.63, 3.8) is 0 Å². The first-order valence-corrected chi connectivity index (χ1v) is 7.49. The SMILES string of the molecule is CCOC(=O)c1ccccc1NC(=O)[C@H]1CC=CC[C@H]1C(=O)O. The van der Waals surface area contributed by atoms with Crippen molar-refractivity contribution >= 4 is 23.5 Å². The predicted octanol–water partition coefficient (Wildman–Crippen LogP) is 2.47. The number of aliphatic carboxylic acids is 1. The van der Waals surface area contributed by atoms with Crippen LogP contribution in [0.5, 0.6) is 0 Å². The maximum atomic E-state index is 12.5. The zero-order valence-corrected chi connectivity index (χ0v) is 12.8. The Bertz CT molecular complexity index is 638. The zero-order chi connectivity index (χ0) is 16.8. The molecule has 122 valence electrons. The van der Waals surface area contributed by atoms with Crippen LogP contribution in [0.3, 0.4) is 0 Å². The number of rotatable bonds is 5. The fourth-order valence-corrected chi connectivity index (χ4v) is 2.58. The Morgan fingerprint density at radius 1 is 1.17 bits per heavy atom. The van der Waals surface area contributed by atoms with E-state index in [9.17, 15) is 19.5 Å². The van der Waals surface area contributed by atoms with Crippen molar-refractivity contribution in [3.8, 4) is 0 Å². The number of hydrogen-bond acceptors (Lipinski definition) is 4. The Morgan fingerprint density at radius 3 is 2.48 bits per heavy atom. The van der Waals surface area contributed by atoms with Crippen LogP contribution >= 0.6 is 0 Å². The molecule has 0 radical (unpaired) electrons. The number of anilines is 1. The Kier molecular flexibility index (Phi) is 5.51. The number of benzene rings is 1. The third-order valence-corrected chi connectivity index (χ3v) is 3.77. The number of ether oxygens (including phenoxy) is 1. The topological polar surface area (TPSA) is 92.7 Å². The molecule has 1 aliphatic rings. The van der Waals surface area contributed by atoms with Gasteiger partial charge in [0.2, 0.25) is 5.91 Å². The number of carbonyl (C=O) groups excluding carboxylic acids is 2. The van der Waals surface area contributed by atoms with Gasteiger partial charge in [-0.3, -0.25) is 9.59 Å². The highest BCUT2D eigenvalue weighted by molar-refractivity contribution is 6.02. The van der Waals surface area contributed by atoms with Crippen LogP contribution < -0.4 is 5.32 Å². The van der Waals surface area contributed by atoms with Crippen molar-refractivity contribution in [3.05, 3.63) is 42.0 Å². The largest absolute Gasteiger partial charge is 0.481 e. The van der Waals surface area contributed by atoms with E-state index in [2.05, 4.69) is 5.32 Å². The first-order valence-electron chi connectivity index (χ1n) is 7.49. The van der Waals surface area contributed by atoms with E-state index in [4.69, 9.17) is 4.74 Å². The minimum atomic E-state index is -0.992. The molecule has 6 nitrogen and oxygen atoms in total. The molecule has 0 aliphatic heterocycles. The van der Waals surface area contributed by atoms with Gasteiger partial charge in [0.25, 0.3) is 0 Å². The number of para-hydroxylation sites is 1. The average molecular weight is 317 g/mol. The molecule has 0 heterocycles. The highest BCUT2D eigenvalue weighted by atomic mass is 16.5. The summed E-state index contributed by atoms with van der Waals surface area (Å²) < 4.78 is 4.96. The van der Waals surface area contributed by atoms with Gasteiger partial charge in [-0.1, -0.05) is 24.3 Å². The number of carboxylic acids is 1. The summed E-state index contributed by atoms with van der Waals surface area (Å²) in [7, 11) is 0. The van der Waals surface area contributed by atoms with E-state index in [1.807, 2.05) is 0 Å². The first kappa shape index (κ1) is 16.7. The van der Waals surface area contributed by atoms with Gasteiger partial charge in [-0.05, 0) is 31.9 Å². The number of allylic oxidation sites excluding steroid dienone is 2. The lowest BCUT2D eigenvalue weighted by Gasteiger charge is -2.24. The fourth-order valence-electron chi connectivity index (χ4n) is 2.58. The second kappa shape index (κ2) is 7.58. The maximum Gasteiger partial charge on any atom is 0.340 e. The van der Waals surface area contributed by atoms with Crippen LogP contribution in [0.4, 0.5) is 5.69 Å². The number of carbonyl (C=O) groups is 3.